The zero-order valence-corrected chi connectivity index (χ0v) is 7.51. The van der Waals surface area contributed by atoms with Gasteiger partial charge in [0.05, 0.1) is 5.56 Å². The highest BCUT2D eigenvalue weighted by molar-refractivity contribution is 6.32. The van der Waals surface area contributed by atoms with Crippen molar-refractivity contribution in [3.8, 4) is 0 Å². The van der Waals surface area contributed by atoms with Gasteiger partial charge in [0.1, 0.15) is 7.85 Å². The molecule has 0 atom stereocenters. The molecule has 0 aliphatic carbocycles. The highest BCUT2D eigenvalue weighted by atomic mass is 16.4. The van der Waals surface area contributed by atoms with E-state index in [0.29, 0.717) is 5.56 Å². The van der Waals surface area contributed by atoms with Crippen LogP contribution in [0.5, 0.6) is 0 Å². The second kappa shape index (κ2) is 3.01. The van der Waals surface area contributed by atoms with E-state index in [-0.39, 0.29) is 0 Å². The fourth-order valence-corrected chi connectivity index (χ4v) is 1.52. The van der Waals surface area contributed by atoms with Gasteiger partial charge in [-0.05, 0) is 25.0 Å². The highest BCUT2D eigenvalue weighted by Gasteiger charge is 2.09. The van der Waals surface area contributed by atoms with Crippen LogP contribution in [0.2, 0.25) is 0 Å². The summed E-state index contributed by atoms with van der Waals surface area (Å²) in [6, 6.07) is 3.77. The largest absolute Gasteiger partial charge is 0.478 e. The van der Waals surface area contributed by atoms with Crippen LogP contribution in [0.25, 0.3) is 0 Å². The van der Waals surface area contributed by atoms with Crippen LogP contribution < -0.4 is 5.46 Å². The molecule has 3 heteroatoms. The molecular formula is C9H11BO2. The number of carbonyl (C=O) groups is 1. The lowest BCUT2D eigenvalue weighted by atomic mass is 9.89. The normalized spacial score (nSPS) is 9.83. The van der Waals surface area contributed by atoms with E-state index >= 15 is 0 Å². The Labute approximate surface area is 72.6 Å². The monoisotopic (exact) mass is 162 g/mol. The summed E-state index contributed by atoms with van der Waals surface area (Å²) in [5.74, 6) is -0.843. The third kappa shape index (κ3) is 1.50. The molecule has 0 aliphatic heterocycles. The molecule has 0 radical (unpaired) electrons. The van der Waals surface area contributed by atoms with Crippen molar-refractivity contribution in [3.63, 3.8) is 0 Å². The second-order valence-corrected chi connectivity index (χ2v) is 3.08. The van der Waals surface area contributed by atoms with E-state index in [9.17, 15) is 4.79 Å². The first-order chi connectivity index (χ1) is 5.52. The molecule has 1 aromatic rings. The summed E-state index contributed by atoms with van der Waals surface area (Å²) in [5.41, 5.74) is 3.20. The molecule has 0 unspecified atom stereocenters. The van der Waals surface area contributed by atoms with Crippen LogP contribution in [0.3, 0.4) is 0 Å². The zero-order valence-electron chi connectivity index (χ0n) is 7.51. The van der Waals surface area contributed by atoms with Crippen molar-refractivity contribution in [2.75, 3.05) is 0 Å². The number of rotatable bonds is 1. The molecule has 0 spiro atoms. The summed E-state index contributed by atoms with van der Waals surface area (Å²) in [7, 11) is 1.96. The third-order valence-electron chi connectivity index (χ3n) is 1.89. The van der Waals surface area contributed by atoms with Crippen LogP contribution >= 0.6 is 0 Å². The summed E-state index contributed by atoms with van der Waals surface area (Å²) in [6.07, 6.45) is 0. The summed E-state index contributed by atoms with van der Waals surface area (Å²) in [4.78, 5) is 10.8. The van der Waals surface area contributed by atoms with Gasteiger partial charge in [0.2, 0.25) is 0 Å². The fraction of sp³-hybridized carbons (Fsp3) is 0.222. The minimum absolute atomic E-state index is 0.431. The van der Waals surface area contributed by atoms with E-state index in [2.05, 4.69) is 0 Å². The van der Waals surface area contributed by atoms with Crippen LogP contribution in [0, 0.1) is 13.8 Å². The maximum Gasteiger partial charge on any atom is 0.336 e. The molecular weight excluding hydrogens is 151 g/mol. The predicted octanol–water partition coefficient (Wildman–Crippen LogP) is 0.260. The molecule has 0 amide bonds. The highest BCUT2D eigenvalue weighted by Crippen LogP contribution is 2.10. The van der Waals surface area contributed by atoms with Gasteiger partial charge in [-0.15, -0.1) is 0 Å². The lowest BCUT2D eigenvalue weighted by molar-refractivity contribution is 0.0695. The average molecular weight is 162 g/mol. The minimum atomic E-state index is -0.843. The van der Waals surface area contributed by atoms with Gasteiger partial charge < -0.3 is 5.11 Å². The SMILES string of the molecule is Bc1cc(C)c(C(=O)O)c(C)c1. The van der Waals surface area contributed by atoms with Crippen molar-refractivity contribution in [2.24, 2.45) is 0 Å². The Balaban J connectivity index is 3.38. The van der Waals surface area contributed by atoms with E-state index in [1.165, 1.54) is 0 Å². The van der Waals surface area contributed by atoms with Gasteiger partial charge in [-0.3, -0.25) is 0 Å². The first-order valence-electron chi connectivity index (χ1n) is 3.83. The Bertz CT molecular complexity index is 308. The lowest BCUT2D eigenvalue weighted by Crippen LogP contribution is -2.10. The summed E-state index contributed by atoms with van der Waals surface area (Å²) in [5, 5.41) is 8.84. The van der Waals surface area contributed by atoms with E-state index in [4.69, 9.17) is 5.11 Å². The number of aryl methyl sites for hydroxylation is 2. The van der Waals surface area contributed by atoms with Crippen LogP contribution in [-0.2, 0) is 0 Å². The molecule has 1 rings (SSSR count). The quantitative estimate of drug-likeness (QED) is 0.601. The van der Waals surface area contributed by atoms with Crippen molar-refractivity contribution in [3.05, 3.63) is 28.8 Å². The summed E-state index contributed by atoms with van der Waals surface area (Å²) in [6.45, 7) is 3.65. The Morgan fingerprint density at radius 1 is 1.33 bits per heavy atom. The van der Waals surface area contributed by atoms with E-state index in [1.807, 2.05) is 33.8 Å². The van der Waals surface area contributed by atoms with Crippen molar-refractivity contribution in [2.45, 2.75) is 13.8 Å². The number of hydrogen-bond donors (Lipinski definition) is 1. The van der Waals surface area contributed by atoms with E-state index in [1.54, 1.807) is 0 Å². The third-order valence-corrected chi connectivity index (χ3v) is 1.89. The molecule has 1 N–H and O–H groups in total. The number of hydrogen-bond acceptors (Lipinski definition) is 1. The zero-order chi connectivity index (χ0) is 9.30. The molecule has 0 bridgehead atoms. The van der Waals surface area contributed by atoms with Crippen LogP contribution in [-0.4, -0.2) is 18.9 Å². The molecule has 12 heavy (non-hydrogen) atoms. The first kappa shape index (κ1) is 8.85. The molecule has 2 nitrogen and oxygen atoms in total. The molecule has 0 saturated heterocycles. The van der Waals surface area contributed by atoms with Crippen LogP contribution in [0.15, 0.2) is 12.1 Å². The maximum absolute atomic E-state index is 10.8. The number of carboxylic acid groups (broad SMARTS) is 1. The van der Waals surface area contributed by atoms with Crippen LogP contribution in [0.1, 0.15) is 21.5 Å². The number of benzene rings is 1. The number of carboxylic acids is 1. The Morgan fingerprint density at radius 3 is 2.08 bits per heavy atom. The van der Waals surface area contributed by atoms with E-state index in [0.717, 1.165) is 16.6 Å². The molecule has 0 aromatic heterocycles. The van der Waals surface area contributed by atoms with Gasteiger partial charge in [0, 0.05) is 0 Å². The molecule has 0 heterocycles. The Hall–Kier alpha value is -1.25. The fourth-order valence-electron chi connectivity index (χ4n) is 1.52. The van der Waals surface area contributed by atoms with Gasteiger partial charge in [-0.2, -0.15) is 0 Å². The predicted molar refractivity (Wildman–Crippen MR) is 51.1 cm³/mol. The molecule has 0 aliphatic rings. The summed E-state index contributed by atoms with van der Waals surface area (Å²) >= 11 is 0. The van der Waals surface area contributed by atoms with Crippen molar-refractivity contribution in [1.82, 2.24) is 0 Å². The van der Waals surface area contributed by atoms with Crippen molar-refractivity contribution >= 4 is 19.3 Å². The first-order valence-corrected chi connectivity index (χ1v) is 3.83. The minimum Gasteiger partial charge on any atom is -0.478 e. The number of aromatic carboxylic acids is 1. The second-order valence-electron chi connectivity index (χ2n) is 3.08. The van der Waals surface area contributed by atoms with Crippen molar-refractivity contribution in [1.29, 1.82) is 0 Å². The molecule has 1 aromatic carbocycles. The van der Waals surface area contributed by atoms with Crippen LogP contribution in [0.4, 0.5) is 0 Å². The van der Waals surface area contributed by atoms with Gasteiger partial charge in [-0.1, -0.05) is 17.6 Å². The van der Waals surface area contributed by atoms with Gasteiger partial charge in [0.15, 0.2) is 0 Å². The van der Waals surface area contributed by atoms with Gasteiger partial charge in [-0.25, -0.2) is 4.79 Å². The van der Waals surface area contributed by atoms with E-state index < -0.39 is 5.97 Å². The Morgan fingerprint density at radius 2 is 1.75 bits per heavy atom. The Kier molecular flexibility index (Phi) is 2.22. The molecule has 0 saturated carbocycles. The molecule has 62 valence electrons. The topological polar surface area (TPSA) is 37.3 Å². The average Bonchev–Trinajstić information content (AvgIpc) is 1.82. The molecule has 0 fully saturated rings. The summed E-state index contributed by atoms with van der Waals surface area (Å²) < 4.78 is 0. The standard InChI is InChI=1S/C9H11BO2/c1-5-3-7(10)4-6(2)8(5)9(11)12/h3-4H,10H2,1-2H3,(H,11,12). The van der Waals surface area contributed by atoms with Crippen molar-refractivity contribution < 1.29 is 9.90 Å². The maximum atomic E-state index is 10.8. The lowest BCUT2D eigenvalue weighted by Gasteiger charge is -2.05. The van der Waals surface area contributed by atoms with Gasteiger partial charge in [0.25, 0.3) is 0 Å². The van der Waals surface area contributed by atoms with Gasteiger partial charge >= 0.3 is 5.97 Å². The smallest absolute Gasteiger partial charge is 0.336 e.